The van der Waals surface area contributed by atoms with Crippen molar-refractivity contribution in [2.75, 3.05) is 6.61 Å². The first-order chi connectivity index (χ1) is 10.0. The molecule has 5 heteroatoms. The summed E-state index contributed by atoms with van der Waals surface area (Å²) < 4.78 is 32.4. The molecule has 0 saturated heterocycles. The number of hydrogen-bond acceptors (Lipinski definition) is 3. The molecule has 2 rings (SSSR count). The third-order valence-electron chi connectivity index (χ3n) is 3.16. The average molecular weight is 305 g/mol. The van der Waals surface area contributed by atoms with Gasteiger partial charge in [-0.2, -0.15) is 0 Å². The number of hydrogen-bond donors (Lipinski definition) is 1. The van der Waals surface area contributed by atoms with Crippen LogP contribution in [0.25, 0.3) is 0 Å². The van der Waals surface area contributed by atoms with E-state index in [-0.39, 0.29) is 11.4 Å². The largest absolute Gasteiger partial charge is 0.494 e. The summed E-state index contributed by atoms with van der Waals surface area (Å²) in [7, 11) is -3.51. The van der Waals surface area contributed by atoms with Crippen LogP contribution in [0, 0.1) is 6.92 Å². The molecular weight excluding hydrogens is 286 g/mol. The summed E-state index contributed by atoms with van der Waals surface area (Å²) in [6.45, 7) is 4.68. The zero-order valence-electron chi connectivity index (χ0n) is 12.2. The van der Waals surface area contributed by atoms with E-state index in [1.165, 1.54) is 0 Å². The third kappa shape index (κ3) is 4.06. The van der Waals surface area contributed by atoms with Gasteiger partial charge in [0.2, 0.25) is 10.0 Å². The Labute approximate surface area is 125 Å². The van der Waals surface area contributed by atoms with Gasteiger partial charge in [0, 0.05) is 6.54 Å². The zero-order valence-corrected chi connectivity index (χ0v) is 13.0. The first-order valence-electron chi connectivity index (χ1n) is 6.80. The van der Waals surface area contributed by atoms with Gasteiger partial charge in [-0.1, -0.05) is 24.3 Å². The Morgan fingerprint density at radius 2 is 1.71 bits per heavy atom. The fourth-order valence-electron chi connectivity index (χ4n) is 1.95. The predicted octanol–water partition coefficient (Wildman–Crippen LogP) is 2.87. The van der Waals surface area contributed by atoms with Crippen LogP contribution < -0.4 is 9.46 Å². The molecule has 0 aromatic heterocycles. The molecule has 0 aliphatic rings. The highest BCUT2D eigenvalue weighted by Gasteiger charge is 2.14. The normalized spacial score (nSPS) is 11.3. The van der Waals surface area contributed by atoms with Gasteiger partial charge >= 0.3 is 0 Å². The minimum Gasteiger partial charge on any atom is -0.494 e. The van der Waals surface area contributed by atoms with Gasteiger partial charge in [-0.3, -0.25) is 0 Å². The summed E-state index contributed by atoms with van der Waals surface area (Å²) in [5, 5.41) is 0. The Bertz CT molecular complexity index is 694. The van der Waals surface area contributed by atoms with Crippen molar-refractivity contribution in [3.8, 4) is 5.75 Å². The summed E-state index contributed by atoms with van der Waals surface area (Å²) in [5.74, 6) is 0.662. The molecule has 0 aliphatic heterocycles. The summed E-state index contributed by atoms with van der Waals surface area (Å²) in [6, 6.07) is 14.1. The van der Waals surface area contributed by atoms with Crippen molar-refractivity contribution >= 4 is 10.0 Å². The Kier molecular flexibility index (Phi) is 4.98. The molecule has 2 aromatic carbocycles. The molecule has 2 aromatic rings. The Morgan fingerprint density at radius 3 is 2.33 bits per heavy atom. The monoisotopic (exact) mass is 305 g/mol. The van der Waals surface area contributed by atoms with E-state index in [4.69, 9.17) is 4.74 Å². The van der Waals surface area contributed by atoms with Crippen LogP contribution in [0.2, 0.25) is 0 Å². The number of aryl methyl sites for hydroxylation is 1. The van der Waals surface area contributed by atoms with Gasteiger partial charge in [-0.05, 0) is 49.2 Å². The van der Waals surface area contributed by atoms with Crippen LogP contribution in [0.15, 0.2) is 53.4 Å². The number of nitrogens with one attached hydrogen (secondary N) is 1. The van der Waals surface area contributed by atoms with Crippen molar-refractivity contribution in [1.29, 1.82) is 0 Å². The minimum atomic E-state index is -3.51. The van der Waals surface area contributed by atoms with Crippen LogP contribution in [0.3, 0.4) is 0 Å². The van der Waals surface area contributed by atoms with Gasteiger partial charge in [-0.15, -0.1) is 0 Å². The number of benzene rings is 2. The minimum absolute atomic E-state index is 0.236. The van der Waals surface area contributed by atoms with Crippen LogP contribution in [0.1, 0.15) is 18.1 Å². The molecule has 0 amide bonds. The van der Waals surface area contributed by atoms with Crippen LogP contribution in [-0.2, 0) is 16.6 Å². The lowest BCUT2D eigenvalue weighted by Gasteiger charge is -2.09. The number of rotatable bonds is 6. The van der Waals surface area contributed by atoms with E-state index >= 15 is 0 Å². The Morgan fingerprint density at radius 1 is 1.05 bits per heavy atom. The van der Waals surface area contributed by atoms with Gasteiger partial charge < -0.3 is 4.74 Å². The maximum atomic E-state index is 12.2. The fraction of sp³-hybridized carbons (Fsp3) is 0.250. The van der Waals surface area contributed by atoms with Crippen LogP contribution in [-0.4, -0.2) is 15.0 Å². The van der Waals surface area contributed by atoms with Gasteiger partial charge in [0.05, 0.1) is 11.5 Å². The second-order valence-electron chi connectivity index (χ2n) is 4.66. The highest BCUT2D eigenvalue weighted by molar-refractivity contribution is 7.89. The van der Waals surface area contributed by atoms with E-state index in [9.17, 15) is 8.42 Å². The van der Waals surface area contributed by atoms with Crippen molar-refractivity contribution in [3.05, 3.63) is 59.7 Å². The molecular formula is C16H19NO3S. The third-order valence-corrected chi connectivity index (χ3v) is 4.58. The second-order valence-corrected chi connectivity index (χ2v) is 6.42. The van der Waals surface area contributed by atoms with Gasteiger partial charge in [0.15, 0.2) is 0 Å². The molecule has 0 unspecified atom stereocenters. The zero-order chi connectivity index (χ0) is 15.3. The maximum absolute atomic E-state index is 12.2. The molecule has 1 N–H and O–H groups in total. The smallest absolute Gasteiger partial charge is 0.240 e. The lowest BCUT2D eigenvalue weighted by molar-refractivity contribution is 0.340. The summed E-state index contributed by atoms with van der Waals surface area (Å²) in [4.78, 5) is 0.236. The van der Waals surface area contributed by atoms with E-state index < -0.39 is 10.0 Å². The van der Waals surface area contributed by atoms with E-state index in [0.717, 1.165) is 11.1 Å². The first kappa shape index (κ1) is 15.5. The molecule has 0 radical (unpaired) electrons. The van der Waals surface area contributed by atoms with E-state index in [0.29, 0.717) is 12.4 Å². The van der Waals surface area contributed by atoms with Gasteiger partial charge in [0.1, 0.15) is 5.75 Å². The highest BCUT2D eigenvalue weighted by Crippen LogP contribution is 2.16. The van der Waals surface area contributed by atoms with E-state index in [1.54, 1.807) is 24.3 Å². The second kappa shape index (κ2) is 6.74. The molecule has 0 saturated carbocycles. The number of ether oxygens (including phenoxy) is 1. The first-order valence-corrected chi connectivity index (χ1v) is 8.28. The van der Waals surface area contributed by atoms with Gasteiger partial charge in [0.25, 0.3) is 0 Å². The molecule has 0 atom stereocenters. The van der Waals surface area contributed by atoms with E-state index in [2.05, 4.69) is 4.72 Å². The molecule has 0 fully saturated rings. The molecule has 112 valence electrons. The Hall–Kier alpha value is -1.85. The molecule has 0 heterocycles. The fourth-order valence-corrected chi connectivity index (χ4v) is 2.95. The Balaban J connectivity index is 2.09. The molecule has 21 heavy (non-hydrogen) atoms. The molecule has 4 nitrogen and oxygen atoms in total. The van der Waals surface area contributed by atoms with Crippen molar-refractivity contribution < 1.29 is 13.2 Å². The predicted molar refractivity (Wildman–Crippen MR) is 82.8 cm³/mol. The maximum Gasteiger partial charge on any atom is 0.240 e. The lowest BCUT2D eigenvalue weighted by atomic mass is 10.1. The van der Waals surface area contributed by atoms with Crippen molar-refractivity contribution in [1.82, 2.24) is 4.72 Å². The summed E-state index contributed by atoms with van der Waals surface area (Å²) in [6.07, 6.45) is 0. The quantitative estimate of drug-likeness (QED) is 0.893. The van der Waals surface area contributed by atoms with Crippen LogP contribution in [0.4, 0.5) is 0 Å². The molecule has 0 bridgehead atoms. The topological polar surface area (TPSA) is 55.4 Å². The van der Waals surface area contributed by atoms with Crippen LogP contribution >= 0.6 is 0 Å². The number of sulfonamides is 1. The van der Waals surface area contributed by atoms with Crippen molar-refractivity contribution in [3.63, 3.8) is 0 Å². The molecule has 0 aliphatic carbocycles. The van der Waals surface area contributed by atoms with Crippen LogP contribution in [0.5, 0.6) is 5.75 Å². The average Bonchev–Trinajstić information content (AvgIpc) is 2.47. The van der Waals surface area contributed by atoms with Gasteiger partial charge in [-0.25, -0.2) is 13.1 Å². The van der Waals surface area contributed by atoms with E-state index in [1.807, 2.05) is 38.1 Å². The van der Waals surface area contributed by atoms with Crippen molar-refractivity contribution in [2.45, 2.75) is 25.3 Å². The standard InChI is InChI=1S/C16H19NO3S/c1-3-20-15-8-10-16(11-9-15)21(18,19)17-12-14-7-5-4-6-13(14)2/h4-11,17H,3,12H2,1-2H3. The molecule has 0 spiro atoms. The summed E-state index contributed by atoms with van der Waals surface area (Å²) >= 11 is 0. The summed E-state index contributed by atoms with van der Waals surface area (Å²) in [5.41, 5.74) is 2.03. The van der Waals surface area contributed by atoms with Crippen molar-refractivity contribution in [2.24, 2.45) is 0 Å². The highest BCUT2D eigenvalue weighted by atomic mass is 32.2. The lowest BCUT2D eigenvalue weighted by Crippen LogP contribution is -2.23. The SMILES string of the molecule is CCOc1ccc(S(=O)(=O)NCc2ccccc2C)cc1.